The van der Waals surface area contributed by atoms with Crippen molar-refractivity contribution in [2.45, 2.75) is 33.4 Å². The largest absolute Gasteiger partial charge is 0.493 e. The third kappa shape index (κ3) is 7.43. The molecule has 0 aliphatic carbocycles. The molecule has 0 bridgehead atoms. The molecule has 8 heteroatoms. The number of ether oxygens (including phenoxy) is 2. The molecule has 0 spiro atoms. The third-order valence-corrected chi connectivity index (χ3v) is 6.02. The first-order chi connectivity index (χ1) is 16.9. The van der Waals surface area contributed by atoms with Crippen LogP contribution in [0.4, 0.5) is 0 Å². The van der Waals surface area contributed by atoms with Crippen LogP contribution in [0, 0.1) is 13.8 Å². The molecule has 0 saturated heterocycles. The Morgan fingerprint density at radius 2 is 1.63 bits per heavy atom. The number of aryl methyl sites for hydroxylation is 2. The van der Waals surface area contributed by atoms with Gasteiger partial charge in [0, 0.05) is 31.8 Å². The van der Waals surface area contributed by atoms with Crippen LogP contribution in [0.3, 0.4) is 0 Å². The van der Waals surface area contributed by atoms with Gasteiger partial charge < -0.3 is 19.0 Å². The van der Waals surface area contributed by atoms with E-state index in [2.05, 4.69) is 4.98 Å². The molecule has 4 rings (SSSR count). The summed E-state index contributed by atoms with van der Waals surface area (Å²) in [6, 6.07) is 17.4. The molecule has 0 atom stereocenters. The van der Waals surface area contributed by atoms with E-state index in [0.717, 1.165) is 39.8 Å². The molecule has 2 aromatic carbocycles. The van der Waals surface area contributed by atoms with Gasteiger partial charge in [0.15, 0.2) is 5.89 Å². The number of aromatic nitrogens is 1. The molecular weight excluding hydrogens is 464 g/mol. The Bertz CT molecular complexity index is 1220. The van der Waals surface area contributed by atoms with E-state index in [0.29, 0.717) is 32.0 Å². The van der Waals surface area contributed by atoms with E-state index in [4.69, 9.17) is 13.9 Å². The smallest absolute Gasteiger partial charge is 0.317 e. The Labute approximate surface area is 208 Å². The van der Waals surface area contributed by atoms with Gasteiger partial charge in [-0.2, -0.15) is 0 Å². The van der Waals surface area contributed by atoms with E-state index in [1.54, 1.807) is 11.3 Å². The van der Waals surface area contributed by atoms with Gasteiger partial charge >= 0.3 is 5.97 Å². The number of carboxylic acids is 1. The second-order valence-electron chi connectivity index (χ2n) is 8.22. The molecule has 35 heavy (non-hydrogen) atoms. The summed E-state index contributed by atoms with van der Waals surface area (Å²) in [5.74, 6) is 2.95. The van der Waals surface area contributed by atoms with Crippen molar-refractivity contribution in [3.8, 4) is 17.2 Å². The first-order valence-corrected chi connectivity index (χ1v) is 12.3. The Balaban J connectivity index is 1.31. The fraction of sp³-hybridized carbons (Fsp3) is 0.259. The van der Waals surface area contributed by atoms with E-state index in [1.807, 2.05) is 84.1 Å². The minimum atomic E-state index is -0.860. The van der Waals surface area contributed by atoms with Crippen LogP contribution in [-0.2, 0) is 24.3 Å². The lowest BCUT2D eigenvalue weighted by atomic mass is 10.1. The maximum Gasteiger partial charge on any atom is 0.317 e. The van der Waals surface area contributed by atoms with Crippen LogP contribution in [0.15, 0.2) is 69.8 Å². The van der Waals surface area contributed by atoms with Crippen molar-refractivity contribution < 1.29 is 23.8 Å². The predicted molar refractivity (Wildman–Crippen MR) is 134 cm³/mol. The number of hydrogen-bond acceptors (Lipinski definition) is 7. The highest BCUT2D eigenvalue weighted by Crippen LogP contribution is 2.24. The Hall–Kier alpha value is -3.62. The average molecular weight is 493 g/mol. The molecule has 0 amide bonds. The van der Waals surface area contributed by atoms with Gasteiger partial charge in [0.25, 0.3) is 0 Å². The van der Waals surface area contributed by atoms with E-state index < -0.39 is 5.97 Å². The molecule has 0 fully saturated rings. The summed E-state index contributed by atoms with van der Waals surface area (Å²) in [4.78, 5) is 17.7. The van der Waals surface area contributed by atoms with Gasteiger partial charge in [-0.1, -0.05) is 24.3 Å². The lowest BCUT2D eigenvalue weighted by molar-refractivity contribution is -0.138. The van der Waals surface area contributed by atoms with Crippen LogP contribution in [0.5, 0.6) is 17.2 Å². The lowest BCUT2D eigenvalue weighted by Crippen LogP contribution is -2.28. The third-order valence-electron chi connectivity index (χ3n) is 5.36. The predicted octanol–water partition coefficient (Wildman–Crippen LogP) is 5.85. The fourth-order valence-corrected chi connectivity index (χ4v) is 4.30. The summed E-state index contributed by atoms with van der Waals surface area (Å²) < 4.78 is 17.1. The molecule has 2 heterocycles. The number of carbonyl (C=O) groups is 1. The summed E-state index contributed by atoms with van der Waals surface area (Å²) in [6.07, 6.45) is 0.675. The molecule has 0 radical (unpaired) electrons. The zero-order valence-corrected chi connectivity index (χ0v) is 20.6. The van der Waals surface area contributed by atoms with E-state index in [1.165, 1.54) is 0 Å². The van der Waals surface area contributed by atoms with Crippen molar-refractivity contribution >= 4 is 17.3 Å². The van der Waals surface area contributed by atoms with Gasteiger partial charge in [-0.05, 0) is 53.8 Å². The van der Waals surface area contributed by atoms with E-state index >= 15 is 0 Å². The molecule has 0 saturated carbocycles. The second kappa shape index (κ2) is 11.7. The summed E-state index contributed by atoms with van der Waals surface area (Å²) >= 11 is 1.58. The molecular formula is C27H28N2O5S. The lowest BCUT2D eigenvalue weighted by Gasteiger charge is -2.21. The molecule has 1 N–H and O–H groups in total. The number of hydrogen-bond donors (Lipinski definition) is 1. The standard InChI is InChI=1S/C27H28N2O5S/c1-19-26(28-20(2)33-19)11-13-32-23-7-3-21(4-8-23)15-29(17-27(30)31)16-22-5-9-24(10-6-22)34-25-12-14-35-18-25/h3-10,12,14,18H,11,13,15-17H2,1-2H3,(H,30,31). The van der Waals surface area contributed by atoms with Crippen molar-refractivity contribution in [2.75, 3.05) is 13.2 Å². The first kappa shape index (κ1) is 24.5. The van der Waals surface area contributed by atoms with Crippen LogP contribution in [0.2, 0.25) is 0 Å². The Morgan fingerprint density at radius 1 is 0.971 bits per heavy atom. The van der Waals surface area contributed by atoms with Crippen molar-refractivity contribution in [2.24, 2.45) is 0 Å². The van der Waals surface area contributed by atoms with Crippen LogP contribution < -0.4 is 9.47 Å². The van der Waals surface area contributed by atoms with Crippen molar-refractivity contribution in [3.05, 3.63) is 93.8 Å². The van der Waals surface area contributed by atoms with Crippen molar-refractivity contribution in [3.63, 3.8) is 0 Å². The maximum atomic E-state index is 11.4. The van der Waals surface area contributed by atoms with E-state index in [-0.39, 0.29) is 6.54 Å². The zero-order valence-electron chi connectivity index (χ0n) is 19.8. The summed E-state index contributed by atoms with van der Waals surface area (Å²) in [7, 11) is 0. The highest BCUT2D eigenvalue weighted by Gasteiger charge is 2.12. The van der Waals surface area contributed by atoms with Gasteiger partial charge in [-0.25, -0.2) is 4.98 Å². The summed E-state index contributed by atoms with van der Waals surface area (Å²) in [5.41, 5.74) is 2.94. The second-order valence-corrected chi connectivity index (χ2v) is 9.00. The number of oxazole rings is 1. The molecule has 4 aromatic rings. The van der Waals surface area contributed by atoms with Crippen LogP contribution in [0.1, 0.15) is 28.5 Å². The molecule has 0 aliphatic rings. The highest BCUT2D eigenvalue weighted by atomic mass is 32.1. The number of nitrogens with zero attached hydrogens (tertiary/aromatic N) is 2. The van der Waals surface area contributed by atoms with Crippen molar-refractivity contribution in [1.82, 2.24) is 9.88 Å². The number of benzene rings is 2. The zero-order chi connectivity index (χ0) is 24.6. The van der Waals surface area contributed by atoms with Gasteiger partial charge in [0.05, 0.1) is 18.8 Å². The van der Waals surface area contributed by atoms with Gasteiger partial charge in [0.2, 0.25) is 0 Å². The van der Waals surface area contributed by atoms with Gasteiger partial charge in [0.1, 0.15) is 23.0 Å². The van der Waals surface area contributed by atoms with Gasteiger partial charge in [-0.15, -0.1) is 11.3 Å². The summed E-state index contributed by atoms with van der Waals surface area (Å²) in [6.45, 7) is 5.21. The van der Waals surface area contributed by atoms with Crippen molar-refractivity contribution in [1.29, 1.82) is 0 Å². The molecule has 182 valence electrons. The first-order valence-electron chi connectivity index (χ1n) is 11.3. The number of thiophene rings is 1. The number of aliphatic carboxylic acids is 1. The molecule has 7 nitrogen and oxygen atoms in total. The Morgan fingerprint density at radius 3 is 2.17 bits per heavy atom. The number of rotatable bonds is 12. The Kier molecular flexibility index (Phi) is 8.18. The van der Waals surface area contributed by atoms with Crippen LogP contribution in [0.25, 0.3) is 0 Å². The van der Waals surface area contributed by atoms with Crippen LogP contribution >= 0.6 is 11.3 Å². The summed E-state index contributed by atoms with van der Waals surface area (Å²) in [5, 5.41) is 13.3. The maximum absolute atomic E-state index is 11.4. The molecule has 0 unspecified atom stereocenters. The average Bonchev–Trinajstić information content (AvgIpc) is 3.44. The normalized spacial score (nSPS) is 11.1. The molecule has 2 aromatic heterocycles. The molecule has 0 aliphatic heterocycles. The van der Waals surface area contributed by atoms with Crippen LogP contribution in [-0.4, -0.2) is 34.1 Å². The monoisotopic (exact) mass is 492 g/mol. The SMILES string of the molecule is Cc1nc(CCOc2ccc(CN(CC(=O)O)Cc3ccc(Oc4ccsc4)cc3)cc2)c(C)o1. The van der Waals surface area contributed by atoms with Gasteiger partial charge in [-0.3, -0.25) is 9.69 Å². The number of carboxylic acid groups (broad SMARTS) is 1. The minimum absolute atomic E-state index is 0.0537. The van der Waals surface area contributed by atoms with E-state index in [9.17, 15) is 9.90 Å². The topological polar surface area (TPSA) is 85.0 Å². The highest BCUT2D eigenvalue weighted by molar-refractivity contribution is 7.08. The quantitative estimate of drug-likeness (QED) is 0.265. The minimum Gasteiger partial charge on any atom is -0.493 e. The fourth-order valence-electron chi connectivity index (χ4n) is 3.75.